The average molecular weight is 280 g/mol. The fraction of sp³-hybridized carbons (Fsp3) is 0.438. The van der Waals surface area contributed by atoms with Gasteiger partial charge in [0.2, 0.25) is 0 Å². The molecule has 0 aliphatic heterocycles. The average Bonchev–Trinajstić information content (AvgIpc) is 2.34. The topological polar surface area (TPSA) is 46.5 Å². The van der Waals surface area contributed by atoms with Gasteiger partial charge in [0.25, 0.3) is 0 Å². The molecule has 0 aromatic heterocycles. The lowest BCUT2D eigenvalue weighted by atomic mass is 10.1. The summed E-state index contributed by atoms with van der Waals surface area (Å²) >= 11 is 0. The van der Waals surface area contributed by atoms with Gasteiger partial charge in [0.15, 0.2) is 0 Å². The van der Waals surface area contributed by atoms with Crippen LogP contribution < -0.4 is 0 Å². The predicted octanol–water partition coefficient (Wildman–Crippen LogP) is 3.87. The van der Waals surface area contributed by atoms with Gasteiger partial charge in [-0.25, -0.2) is 9.18 Å². The van der Waals surface area contributed by atoms with Crippen molar-refractivity contribution in [2.75, 3.05) is 0 Å². The van der Waals surface area contributed by atoms with Crippen molar-refractivity contribution in [2.24, 2.45) is 5.92 Å². The monoisotopic (exact) mass is 280 g/mol. The zero-order chi connectivity index (χ0) is 15.1. The Kier molecular flexibility index (Phi) is 6.39. The van der Waals surface area contributed by atoms with E-state index in [9.17, 15) is 9.18 Å². The number of carboxylic acid groups (broad SMARTS) is 1. The molecule has 1 aromatic rings. The van der Waals surface area contributed by atoms with Gasteiger partial charge < -0.3 is 9.84 Å². The van der Waals surface area contributed by atoms with Crippen molar-refractivity contribution < 1.29 is 19.0 Å². The van der Waals surface area contributed by atoms with Crippen molar-refractivity contribution in [3.05, 3.63) is 41.2 Å². The van der Waals surface area contributed by atoms with Crippen LogP contribution in [-0.2, 0) is 16.1 Å². The van der Waals surface area contributed by atoms with Crippen LogP contribution in [0.3, 0.4) is 0 Å². The van der Waals surface area contributed by atoms with E-state index in [0.717, 1.165) is 12.5 Å². The molecule has 3 nitrogen and oxygen atoms in total. The Morgan fingerprint density at radius 2 is 2.10 bits per heavy atom. The molecule has 0 bridgehead atoms. The second-order valence-corrected chi connectivity index (χ2v) is 5.27. The second-order valence-electron chi connectivity index (χ2n) is 5.27. The fourth-order valence-corrected chi connectivity index (χ4v) is 1.92. The first kappa shape index (κ1) is 16.4. The van der Waals surface area contributed by atoms with Crippen LogP contribution in [0.4, 0.5) is 4.39 Å². The number of carboxylic acids is 1. The van der Waals surface area contributed by atoms with Gasteiger partial charge in [-0.1, -0.05) is 26.0 Å². The lowest BCUT2D eigenvalue weighted by molar-refractivity contribution is -0.131. The molecule has 0 heterocycles. The van der Waals surface area contributed by atoms with Crippen molar-refractivity contribution in [3.63, 3.8) is 0 Å². The Morgan fingerprint density at radius 3 is 2.65 bits per heavy atom. The standard InChI is InChI=1S/C16H21FO3/c1-11(2)8-12(3)20-10-14-6-4-13(9-15(14)17)5-7-16(18)19/h4-7,9,11-12H,8,10H2,1-3H3,(H,18,19). The quantitative estimate of drug-likeness (QED) is 0.771. The second kappa shape index (κ2) is 7.80. The molecule has 20 heavy (non-hydrogen) atoms. The maximum Gasteiger partial charge on any atom is 0.328 e. The summed E-state index contributed by atoms with van der Waals surface area (Å²) in [6, 6.07) is 4.61. The van der Waals surface area contributed by atoms with Crippen LogP contribution >= 0.6 is 0 Å². The third kappa shape index (κ3) is 5.97. The third-order valence-electron chi connectivity index (χ3n) is 2.82. The fourth-order valence-electron chi connectivity index (χ4n) is 1.92. The van der Waals surface area contributed by atoms with Gasteiger partial charge in [0.05, 0.1) is 12.7 Å². The first-order valence-corrected chi connectivity index (χ1v) is 6.69. The molecule has 0 spiro atoms. The molecule has 0 saturated carbocycles. The number of hydrogen-bond donors (Lipinski definition) is 1. The highest BCUT2D eigenvalue weighted by molar-refractivity contribution is 5.85. The van der Waals surface area contributed by atoms with Crippen molar-refractivity contribution in [2.45, 2.75) is 39.9 Å². The Hall–Kier alpha value is -1.68. The summed E-state index contributed by atoms with van der Waals surface area (Å²) in [4.78, 5) is 10.4. The van der Waals surface area contributed by atoms with Crippen LogP contribution in [0, 0.1) is 11.7 Å². The van der Waals surface area contributed by atoms with E-state index in [-0.39, 0.29) is 18.5 Å². The minimum atomic E-state index is -1.06. The van der Waals surface area contributed by atoms with Gasteiger partial charge in [-0.3, -0.25) is 0 Å². The summed E-state index contributed by atoms with van der Waals surface area (Å²) in [5, 5.41) is 8.52. The largest absolute Gasteiger partial charge is 0.478 e. The molecule has 0 radical (unpaired) electrons. The number of benzene rings is 1. The molecule has 0 amide bonds. The number of halogens is 1. The summed E-state index contributed by atoms with van der Waals surface area (Å²) in [6.45, 7) is 6.43. The minimum Gasteiger partial charge on any atom is -0.478 e. The Balaban J connectivity index is 2.62. The van der Waals surface area contributed by atoms with Gasteiger partial charge in [0.1, 0.15) is 5.82 Å². The van der Waals surface area contributed by atoms with E-state index in [1.165, 1.54) is 12.1 Å². The highest BCUT2D eigenvalue weighted by Gasteiger charge is 2.08. The zero-order valence-electron chi connectivity index (χ0n) is 12.1. The van der Waals surface area contributed by atoms with Crippen molar-refractivity contribution in [1.29, 1.82) is 0 Å². The smallest absolute Gasteiger partial charge is 0.328 e. The van der Waals surface area contributed by atoms with Crippen molar-refractivity contribution >= 4 is 12.0 Å². The van der Waals surface area contributed by atoms with Crippen LogP contribution in [0.25, 0.3) is 6.08 Å². The van der Waals surface area contributed by atoms with Gasteiger partial charge in [-0.2, -0.15) is 0 Å². The van der Waals surface area contributed by atoms with E-state index in [2.05, 4.69) is 13.8 Å². The number of hydrogen-bond acceptors (Lipinski definition) is 2. The van der Waals surface area contributed by atoms with Crippen LogP contribution in [0.1, 0.15) is 38.3 Å². The van der Waals surface area contributed by atoms with Gasteiger partial charge in [-0.05, 0) is 37.0 Å². The molecule has 1 atom stereocenters. The van der Waals surface area contributed by atoms with E-state index in [1.54, 1.807) is 12.1 Å². The van der Waals surface area contributed by atoms with E-state index >= 15 is 0 Å². The highest BCUT2D eigenvalue weighted by Crippen LogP contribution is 2.15. The van der Waals surface area contributed by atoms with Gasteiger partial charge in [-0.15, -0.1) is 0 Å². The van der Waals surface area contributed by atoms with Gasteiger partial charge >= 0.3 is 5.97 Å². The summed E-state index contributed by atoms with van der Waals surface area (Å²) < 4.78 is 19.4. The predicted molar refractivity (Wildman–Crippen MR) is 76.8 cm³/mol. The normalized spacial score (nSPS) is 13.1. The molecule has 0 aliphatic rings. The van der Waals surface area contributed by atoms with Gasteiger partial charge in [0, 0.05) is 11.6 Å². The molecule has 4 heteroatoms. The molecule has 0 aliphatic carbocycles. The third-order valence-corrected chi connectivity index (χ3v) is 2.82. The highest BCUT2D eigenvalue weighted by atomic mass is 19.1. The van der Waals surface area contributed by atoms with Crippen molar-refractivity contribution in [1.82, 2.24) is 0 Å². The lowest BCUT2D eigenvalue weighted by Crippen LogP contribution is -2.11. The maximum atomic E-state index is 13.8. The molecule has 1 rings (SSSR count). The van der Waals surface area contributed by atoms with Crippen LogP contribution in [0.5, 0.6) is 0 Å². The summed E-state index contributed by atoms with van der Waals surface area (Å²) in [5.74, 6) is -0.895. The summed E-state index contributed by atoms with van der Waals surface area (Å²) in [6.07, 6.45) is 3.36. The first-order chi connectivity index (χ1) is 9.38. The number of rotatable bonds is 7. The Morgan fingerprint density at radius 1 is 1.40 bits per heavy atom. The van der Waals surface area contributed by atoms with E-state index < -0.39 is 5.97 Å². The summed E-state index contributed by atoms with van der Waals surface area (Å²) in [5.41, 5.74) is 0.997. The number of aliphatic carboxylic acids is 1. The first-order valence-electron chi connectivity index (χ1n) is 6.69. The molecule has 0 saturated heterocycles. The van der Waals surface area contributed by atoms with E-state index in [4.69, 9.17) is 9.84 Å². The van der Waals surface area contributed by atoms with Crippen molar-refractivity contribution in [3.8, 4) is 0 Å². The minimum absolute atomic E-state index is 0.0842. The SMILES string of the molecule is CC(C)CC(C)OCc1ccc(C=CC(=O)O)cc1F. The number of ether oxygens (including phenoxy) is 1. The number of carbonyl (C=O) groups is 1. The molecule has 1 N–H and O–H groups in total. The molecule has 0 fully saturated rings. The molecule has 110 valence electrons. The van der Waals surface area contributed by atoms with Crippen LogP contribution in [0.2, 0.25) is 0 Å². The van der Waals surface area contributed by atoms with Crippen LogP contribution in [-0.4, -0.2) is 17.2 Å². The molecule has 1 unspecified atom stereocenters. The van der Waals surface area contributed by atoms with E-state index in [0.29, 0.717) is 17.0 Å². The molecular weight excluding hydrogens is 259 g/mol. The molecular formula is C16H21FO3. The summed E-state index contributed by atoms with van der Waals surface area (Å²) in [7, 11) is 0. The maximum absolute atomic E-state index is 13.8. The molecule has 1 aromatic carbocycles. The van der Waals surface area contributed by atoms with E-state index in [1.807, 2.05) is 6.92 Å². The lowest BCUT2D eigenvalue weighted by Gasteiger charge is -2.15. The Bertz CT molecular complexity index is 481. The zero-order valence-corrected chi connectivity index (χ0v) is 12.1. The Labute approximate surface area is 119 Å². The van der Waals surface area contributed by atoms with Crippen LogP contribution in [0.15, 0.2) is 24.3 Å².